The van der Waals surface area contributed by atoms with Crippen LogP contribution in [0.25, 0.3) is 0 Å². The fourth-order valence-electron chi connectivity index (χ4n) is 5.60. The number of aromatic amines is 1. The molecule has 2 unspecified atom stereocenters. The number of likely N-dealkylation sites (tertiary alicyclic amines) is 1. The standard InChI is InChI=1S/C29H35FN6O2/c1-4-20(3)34-14-11-23(12-15-34)32-28(37)26-24-18-35(29(38)25-6-5-13-31-25)16-19(2)27(24)36(33-26)17-21-7-9-22(30)10-8-21/h4-10,13,19-20,23,31H,1,11-12,14-18H2,2-3H3,(H,32,37). The minimum absolute atomic E-state index is 0.0317. The van der Waals surface area contributed by atoms with Crippen LogP contribution in [0.4, 0.5) is 4.39 Å². The van der Waals surface area contributed by atoms with E-state index in [4.69, 9.17) is 5.10 Å². The molecule has 2 N–H and O–H groups in total. The van der Waals surface area contributed by atoms with Crippen molar-refractivity contribution in [3.05, 3.63) is 89.3 Å². The number of hydrogen-bond donors (Lipinski definition) is 2. The minimum Gasteiger partial charge on any atom is -0.357 e. The average molecular weight is 519 g/mol. The van der Waals surface area contributed by atoms with Gasteiger partial charge in [0.15, 0.2) is 5.69 Å². The van der Waals surface area contributed by atoms with Crippen molar-refractivity contribution in [3.8, 4) is 0 Å². The van der Waals surface area contributed by atoms with E-state index in [0.717, 1.165) is 42.8 Å². The SMILES string of the molecule is C=CC(C)N1CCC(NC(=O)c2nn(Cc3ccc(F)cc3)c3c2CN(C(=O)c2ccc[nH]2)CC3C)CC1. The summed E-state index contributed by atoms with van der Waals surface area (Å²) >= 11 is 0. The molecule has 4 heterocycles. The first-order chi connectivity index (χ1) is 18.3. The van der Waals surface area contributed by atoms with Gasteiger partial charge in [0.1, 0.15) is 11.5 Å². The van der Waals surface area contributed by atoms with E-state index in [1.165, 1.54) is 12.1 Å². The Morgan fingerprint density at radius 3 is 2.63 bits per heavy atom. The van der Waals surface area contributed by atoms with Crippen LogP contribution in [0, 0.1) is 5.82 Å². The molecule has 2 aliphatic heterocycles. The van der Waals surface area contributed by atoms with Crippen molar-refractivity contribution in [1.82, 2.24) is 29.9 Å². The number of fused-ring (bicyclic) bond motifs is 1. The molecule has 2 aromatic heterocycles. The number of carbonyl (C=O) groups is 2. The molecule has 1 saturated heterocycles. The Hall–Kier alpha value is -3.72. The molecule has 8 nitrogen and oxygen atoms in total. The number of nitrogens with one attached hydrogen (secondary N) is 2. The first-order valence-electron chi connectivity index (χ1n) is 13.3. The lowest BCUT2D eigenvalue weighted by Gasteiger charge is -2.35. The highest BCUT2D eigenvalue weighted by Crippen LogP contribution is 2.32. The van der Waals surface area contributed by atoms with Crippen LogP contribution in [0.15, 0.2) is 55.3 Å². The predicted octanol–water partition coefficient (Wildman–Crippen LogP) is 3.93. The van der Waals surface area contributed by atoms with Gasteiger partial charge >= 0.3 is 0 Å². The van der Waals surface area contributed by atoms with Crippen LogP contribution in [-0.2, 0) is 13.1 Å². The Morgan fingerprint density at radius 1 is 1.24 bits per heavy atom. The van der Waals surface area contributed by atoms with E-state index in [1.54, 1.807) is 35.4 Å². The van der Waals surface area contributed by atoms with Gasteiger partial charge in [0.2, 0.25) is 0 Å². The predicted molar refractivity (Wildman–Crippen MR) is 143 cm³/mol. The summed E-state index contributed by atoms with van der Waals surface area (Å²) in [6.07, 6.45) is 5.39. The van der Waals surface area contributed by atoms with Gasteiger partial charge in [-0.3, -0.25) is 19.2 Å². The van der Waals surface area contributed by atoms with Crippen molar-refractivity contribution < 1.29 is 14.0 Å². The van der Waals surface area contributed by atoms with Gasteiger partial charge in [-0.05, 0) is 49.6 Å². The molecule has 0 spiro atoms. The summed E-state index contributed by atoms with van der Waals surface area (Å²) in [5.74, 6) is -0.642. The van der Waals surface area contributed by atoms with Gasteiger partial charge in [0, 0.05) is 55.1 Å². The van der Waals surface area contributed by atoms with Gasteiger partial charge in [-0.15, -0.1) is 6.58 Å². The van der Waals surface area contributed by atoms with Gasteiger partial charge in [-0.25, -0.2) is 4.39 Å². The quantitative estimate of drug-likeness (QED) is 0.464. The molecule has 0 aliphatic carbocycles. The molecule has 3 aromatic rings. The number of halogens is 1. The van der Waals surface area contributed by atoms with Gasteiger partial charge in [-0.1, -0.05) is 25.1 Å². The van der Waals surface area contributed by atoms with Gasteiger partial charge < -0.3 is 15.2 Å². The summed E-state index contributed by atoms with van der Waals surface area (Å²) in [7, 11) is 0. The number of H-pyrrole nitrogens is 1. The number of nitrogens with zero attached hydrogens (tertiary/aromatic N) is 4. The lowest BCUT2D eigenvalue weighted by atomic mass is 9.95. The zero-order valence-corrected chi connectivity index (χ0v) is 22.0. The second-order valence-corrected chi connectivity index (χ2v) is 10.4. The van der Waals surface area contributed by atoms with Crippen LogP contribution in [0.5, 0.6) is 0 Å². The first kappa shape index (κ1) is 25.9. The lowest BCUT2D eigenvalue weighted by molar-refractivity contribution is 0.0710. The molecule has 1 fully saturated rings. The summed E-state index contributed by atoms with van der Waals surface area (Å²) < 4.78 is 15.3. The van der Waals surface area contributed by atoms with Crippen LogP contribution < -0.4 is 5.32 Å². The first-order valence-corrected chi connectivity index (χ1v) is 13.3. The van der Waals surface area contributed by atoms with Gasteiger partial charge in [0.25, 0.3) is 11.8 Å². The Kier molecular flexibility index (Phi) is 7.46. The zero-order valence-electron chi connectivity index (χ0n) is 22.0. The third-order valence-corrected chi connectivity index (χ3v) is 7.76. The number of rotatable bonds is 7. The van der Waals surface area contributed by atoms with E-state index in [9.17, 15) is 14.0 Å². The normalized spacial score (nSPS) is 19.1. The topological polar surface area (TPSA) is 86.3 Å². The van der Waals surface area contributed by atoms with Crippen molar-refractivity contribution in [2.24, 2.45) is 0 Å². The molecule has 2 amide bonds. The van der Waals surface area contributed by atoms with Crippen LogP contribution in [0.3, 0.4) is 0 Å². The van der Waals surface area contributed by atoms with E-state index in [2.05, 4.69) is 28.7 Å². The Labute approximate surface area is 222 Å². The minimum atomic E-state index is -0.295. The summed E-state index contributed by atoms with van der Waals surface area (Å²) in [5, 5.41) is 7.99. The highest BCUT2D eigenvalue weighted by molar-refractivity contribution is 5.95. The molecule has 1 aromatic carbocycles. The highest BCUT2D eigenvalue weighted by Gasteiger charge is 2.35. The Morgan fingerprint density at radius 2 is 1.97 bits per heavy atom. The van der Waals surface area contributed by atoms with E-state index >= 15 is 0 Å². The van der Waals surface area contributed by atoms with Crippen LogP contribution in [-0.4, -0.2) is 68.1 Å². The molecule has 2 atom stereocenters. The van der Waals surface area contributed by atoms with Gasteiger partial charge in [0.05, 0.1) is 13.1 Å². The lowest BCUT2D eigenvalue weighted by Crippen LogP contribution is -2.47. The molecule has 5 rings (SSSR count). The van der Waals surface area contributed by atoms with Crippen LogP contribution in [0.2, 0.25) is 0 Å². The third-order valence-electron chi connectivity index (χ3n) is 7.76. The second-order valence-electron chi connectivity index (χ2n) is 10.4. The number of benzene rings is 1. The average Bonchev–Trinajstić information content (AvgIpc) is 3.58. The Bertz CT molecular complexity index is 1290. The number of piperidine rings is 1. The Balaban J connectivity index is 1.41. The number of hydrogen-bond acceptors (Lipinski definition) is 4. The van der Waals surface area contributed by atoms with E-state index in [0.29, 0.717) is 37.1 Å². The third kappa shape index (κ3) is 5.29. The fraction of sp³-hybridized carbons (Fsp3) is 0.414. The molecular formula is C29H35FN6O2. The molecular weight excluding hydrogens is 483 g/mol. The monoisotopic (exact) mass is 518 g/mol. The molecule has 9 heteroatoms. The second kappa shape index (κ2) is 10.9. The van der Waals surface area contributed by atoms with Crippen molar-refractivity contribution in [2.75, 3.05) is 19.6 Å². The zero-order chi connectivity index (χ0) is 26.8. The van der Waals surface area contributed by atoms with E-state index in [1.807, 2.05) is 17.7 Å². The maximum atomic E-state index is 13.6. The molecule has 0 bridgehead atoms. The summed E-state index contributed by atoms with van der Waals surface area (Å²) in [4.78, 5) is 33.9. The molecule has 0 saturated carbocycles. The number of aromatic nitrogens is 3. The van der Waals surface area contributed by atoms with Crippen molar-refractivity contribution in [2.45, 2.75) is 57.8 Å². The smallest absolute Gasteiger partial charge is 0.272 e. The van der Waals surface area contributed by atoms with Crippen molar-refractivity contribution in [3.63, 3.8) is 0 Å². The molecule has 200 valence electrons. The summed E-state index contributed by atoms with van der Waals surface area (Å²) in [6.45, 7) is 11.1. The highest BCUT2D eigenvalue weighted by atomic mass is 19.1. The largest absolute Gasteiger partial charge is 0.357 e. The molecule has 0 radical (unpaired) electrons. The number of carbonyl (C=O) groups excluding carboxylic acids is 2. The maximum absolute atomic E-state index is 13.6. The summed E-state index contributed by atoms with van der Waals surface area (Å²) in [5.41, 5.74) is 3.50. The van der Waals surface area contributed by atoms with Crippen LogP contribution >= 0.6 is 0 Å². The summed E-state index contributed by atoms with van der Waals surface area (Å²) in [6, 6.07) is 10.3. The van der Waals surface area contributed by atoms with E-state index in [-0.39, 0.29) is 29.6 Å². The van der Waals surface area contributed by atoms with Crippen molar-refractivity contribution in [1.29, 1.82) is 0 Å². The van der Waals surface area contributed by atoms with Crippen LogP contribution in [0.1, 0.15) is 70.4 Å². The number of amides is 2. The maximum Gasteiger partial charge on any atom is 0.272 e. The molecule has 2 aliphatic rings. The van der Waals surface area contributed by atoms with Crippen molar-refractivity contribution >= 4 is 11.8 Å². The fourth-order valence-corrected chi connectivity index (χ4v) is 5.60. The van der Waals surface area contributed by atoms with E-state index < -0.39 is 0 Å². The molecule has 38 heavy (non-hydrogen) atoms. The van der Waals surface area contributed by atoms with Gasteiger partial charge in [-0.2, -0.15) is 5.10 Å².